The Bertz CT molecular complexity index is 667. The maximum Gasteiger partial charge on any atom is 0.148 e. The second kappa shape index (κ2) is 8.63. The van der Waals surface area contributed by atoms with Crippen LogP contribution in [0.3, 0.4) is 0 Å². The third-order valence-corrected chi connectivity index (χ3v) is 5.41. The number of aryl methyl sites for hydroxylation is 1. The zero-order chi connectivity index (χ0) is 16.7. The fourth-order valence-corrected chi connectivity index (χ4v) is 3.57. The monoisotopic (exact) mass is 330 g/mol. The van der Waals surface area contributed by atoms with Crippen molar-refractivity contribution in [3.8, 4) is 5.75 Å². The summed E-state index contributed by atoms with van der Waals surface area (Å²) in [5.41, 5.74) is 1.15. The number of carbonyl (C=O) groups is 1. The van der Waals surface area contributed by atoms with E-state index in [2.05, 4.69) is 0 Å². The molecule has 23 heavy (non-hydrogen) atoms. The molecule has 0 aromatic heterocycles. The topological polar surface area (TPSA) is 43.4 Å². The van der Waals surface area contributed by atoms with E-state index >= 15 is 0 Å². The first-order chi connectivity index (χ1) is 11.1. The van der Waals surface area contributed by atoms with Crippen molar-refractivity contribution in [3.05, 3.63) is 60.2 Å². The van der Waals surface area contributed by atoms with Gasteiger partial charge in [0.15, 0.2) is 0 Å². The molecule has 4 heteroatoms. The van der Waals surface area contributed by atoms with Crippen LogP contribution in [-0.4, -0.2) is 22.4 Å². The van der Waals surface area contributed by atoms with E-state index in [0.717, 1.165) is 24.2 Å². The highest BCUT2D eigenvalue weighted by Gasteiger charge is 2.20. The van der Waals surface area contributed by atoms with Gasteiger partial charge in [0, 0.05) is 11.3 Å². The van der Waals surface area contributed by atoms with Gasteiger partial charge < -0.3 is 4.74 Å². The van der Waals surface area contributed by atoms with Crippen LogP contribution in [-0.2, 0) is 22.0 Å². The van der Waals surface area contributed by atoms with Crippen molar-refractivity contribution in [2.45, 2.75) is 36.3 Å². The lowest BCUT2D eigenvalue weighted by Crippen LogP contribution is -2.22. The van der Waals surface area contributed by atoms with Gasteiger partial charge in [0.2, 0.25) is 0 Å². The van der Waals surface area contributed by atoms with Crippen LogP contribution in [0.15, 0.2) is 59.5 Å². The van der Waals surface area contributed by atoms with Crippen molar-refractivity contribution in [1.82, 2.24) is 0 Å². The molecule has 0 aliphatic heterocycles. The number of hydrogen-bond donors (Lipinski definition) is 0. The van der Waals surface area contributed by atoms with Gasteiger partial charge in [-0.25, -0.2) is 0 Å². The maximum atomic E-state index is 12.4. The van der Waals surface area contributed by atoms with E-state index in [4.69, 9.17) is 4.74 Å². The van der Waals surface area contributed by atoms with Crippen LogP contribution in [0, 0.1) is 0 Å². The predicted molar refractivity (Wildman–Crippen MR) is 93.3 cm³/mol. The van der Waals surface area contributed by atoms with Crippen LogP contribution in [0.25, 0.3) is 0 Å². The Labute approximate surface area is 140 Å². The molecule has 0 saturated carbocycles. The van der Waals surface area contributed by atoms with Gasteiger partial charge in [-0.2, -0.15) is 0 Å². The van der Waals surface area contributed by atoms with E-state index in [-0.39, 0.29) is 5.78 Å². The number of ether oxygens (including phenoxy) is 1. The summed E-state index contributed by atoms with van der Waals surface area (Å²) >= 11 is 0. The van der Waals surface area contributed by atoms with Gasteiger partial charge in [-0.15, -0.1) is 0 Å². The van der Waals surface area contributed by atoms with E-state index in [0.29, 0.717) is 11.3 Å². The zero-order valence-corrected chi connectivity index (χ0v) is 14.3. The fraction of sp³-hybridized carbons (Fsp3) is 0.316. The summed E-state index contributed by atoms with van der Waals surface area (Å²) in [5, 5.41) is -0.470. The Morgan fingerprint density at radius 2 is 1.87 bits per heavy atom. The SMILES string of the molecule is COc1cccc(CCCC(=O)C(C)S(=O)c2ccccc2)c1. The van der Waals surface area contributed by atoms with Crippen molar-refractivity contribution >= 4 is 16.6 Å². The van der Waals surface area contributed by atoms with Gasteiger partial charge in [0.25, 0.3) is 0 Å². The third kappa shape index (κ3) is 5.03. The average molecular weight is 330 g/mol. The smallest absolute Gasteiger partial charge is 0.148 e. The minimum atomic E-state index is -1.28. The standard InChI is InChI=1S/C19H22O3S/c1-15(23(21)18-11-4-3-5-12-18)19(20)13-7-9-16-8-6-10-17(14-16)22-2/h3-6,8,10-12,14-15H,7,9,13H2,1-2H3. The molecule has 2 aromatic rings. The lowest BCUT2D eigenvalue weighted by Gasteiger charge is -2.10. The van der Waals surface area contributed by atoms with E-state index in [1.54, 1.807) is 26.2 Å². The summed E-state index contributed by atoms with van der Waals surface area (Å²) in [6.07, 6.45) is 2.01. The highest BCUT2D eigenvalue weighted by atomic mass is 32.2. The molecular formula is C19H22O3S. The molecule has 2 atom stereocenters. The summed E-state index contributed by atoms with van der Waals surface area (Å²) in [7, 11) is 0.361. The van der Waals surface area contributed by atoms with Gasteiger partial charge in [-0.3, -0.25) is 9.00 Å². The minimum Gasteiger partial charge on any atom is -0.497 e. The predicted octanol–water partition coefficient (Wildman–Crippen LogP) is 3.78. The maximum absolute atomic E-state index is 12.4. The molecule has 0 spiro atoms. The van der Waals surface area contributed by atoms with Crippen molar-refractivity contribution in [1.29, 1.82) is 0 Å². The molecule has 0 aliphatic rings. The first-order valence-corrected chi connectivity index (χ1v) is 8.94. The Hall–Kier alpha value is -1.94. The van der Waals surface area contributed by atoms with Gasteiger partial charge >= 0.3 is 0 Å². The van der Waals surface area contributed by atoms with Gasteiger partial charge in [-0.1, -0.05) is 30.3 Å². The molecule has 122 valence electrons. The fourth-order valence-electron chi connectivity index (χ4n) is 2.38. The molecule has 2 unspecified atom stereocenters. The van der Waals surface area contributed by atoms with Gasteiger partial charge in [0.05, 0.1) is 23.2 Å². The molecule has 0 aliphatic carbocycles. The summed E-state index contributed by atoms with van der Waals surface area (Å²) in [6, 6.07) is 17.0. The molecule has 0 saturated heterocycles. The molecule has 3 nitrogen and oxygen atoms in total. The van der Waals surface area contributed by atoms with Crippen LogP contribution in [0.2, 0.25) is 0 Å². The average Bonchev–Trinajstić information content (AvgIpc) is 2.61. The van der Waals surface area contributed by atoms with Crippen molar-refractivity contribution in [2.75, 3.05) is 7.11 Å². The Balaban J connectivity index is 1.85. The number of ketones is 1. The van der Waals surface area contributed by atoms with E-state index in [9.17, 15) is 9.00 Å². The van der Waals surface area contributed by atoms with Gasteiger partial charge in [0.1, 0.15) is 11.5 Å². The second-order valence-corrected chi connectivity index (χ2v) is 7.20. The van der Waals surface area contributed by atoms with E-state index in [1.165, 1.54) is 0 Å². The van der Waals surface area contributed by atoms with E-state index in [1.807, 2.05) is 42.5 Å². The number of carbonyl (C=O) groups excluding carboxylic acids is 1. The molecule has 0 radical (unpaired) electrons. The molecule has 0 amide bonds. The largest absolute Gasteiger partial charge is 0.497 e. The molecule has 0 bridgehead atoms. The van der Waals surface area contributed by atoms with E-state index < -0.39 is 16.0 Å². The Kier molecular flexibility index (Phi) is 6.53. The molecule has 2 rings (SSSR count). The Morgan fingerprint density at radius 1 is 1.13 bits per heavy atom. The first-order valence-electron chi connectivity index (χ1n) is 7.73. The van der Waals surface area contributed by atoms with Crippen LogP contribution >= 0.6 is 0 Å². The highest BCUT2D eigenvalue weighted by molar-refractivity contribution is 7.86. The quantitative estimate of drug-likeness (QED) is 0.740. The minimum absolute atomic E-state index is 0.0510. The molecule has 0 N–H and O–H groups in total. The number of Topliss-reactive ketones (excluding diaryl/α,β-unsaturated/α-hetero) is 1. The Morgan fingerprint density at radius 3 is 2.57 bits per heavy atom. The normalized spacial score (nSPS) is 13.3. The van der Waals surface area contributed by atoms with Crippen molar-refractivity contribution in [2.24, 2.45) is 0 Å². The lowest BCUT2D eigenvalue weighted by molar-refractivity contribution is -0.118. The second-order valence-electron chi connectivity index (χ2n) is 5.42. The van der Waals surface area contributed by atoms with Crippen LogP contribution < -0.4 is 4.74 Å². The molecular weight excluding hydrogens is 308 g/mol. The van der Waals surface area contributed by atoms with Crippen molar-refractivity contribution < 1.29 is 13.7 Å². The number of methoxy groups -OCH3 is 1. The molecule has 2 aromatic carbocycles. The van der Waals surface area contributed by atoms with Crippen molar-refractivity contribution in [3.63, 3.8) is 0 Å². The van der Waals surface area contributed by atoms with Crippen LogP contribution in [0.4, 0.5) is 0 Å². The summed E-state index contributed by atoms with van der Waals surface area (Å²) < 4.78 is 17.6. The van der Waals surface area contributed by atoms with Crippen LogP contribution in [0.1, 0.15) is 25.3 Å². The summed E-state index contributed by atoms with van der Waals surface area (Å²) in [5.74, 6) is 0.877. The molecule has 0 fully saturated rings. The molecule has 0 heterocycles. The summed E-state index contributed by atoms with van der Waals surface area (Å²) in [4.78, 5) is 13.0. The number of benzene rings is 2. The first kappa shape index (κ1) is 17.4. The lowest BCUT2D eigenvalue weighted by atomic mass is 10.1. The van der Waals surface area contributed by atoms with Crippen LogP contribution in [0.5, 0.6) is 5.75 Å². The van der Waals surface area contributed by atoms with Gasteiger partial charge in [-0.05, 0) is 49.6 Å². The third-order valence-electron chi connectivity index (χ3n) is 3.77. The zero-order valence-electron chi connectivity index (χ0n) is 13.5. The number of hydrogen-bond acceptors (Lipinski definition) is 3. The summed E-state index contributed by atoms with van der Waals surface area (Å²) in [6.45, 7) is 1.75. The highest BCUT2D eigenvalue weighted by Crippen LogP contribution is 2.16. The number of rotatable bonds is 8.